The van der Waals surface area contributed by atoms with E-state index in [0.29, 0.717) is 5.56 Å². The molecular weight excluding hydrogens is 326 g/mol. The number of anilines is 2. The van der Waals surface area contributed by atoms with Crippen LogP contribution in [0.25, 0.3) is 0 Å². The molecule has 0 saturated carbocycles. The number of benzene rings is 2. The van der Waals surface area contributed by atoms with Gasteiger partial charge in [-0.2, -0.15) is 0 Å². The maximum atomic E-state index is 12.0. The standard InChI is InChI=1S/C13H10BrN3O3/c14-9-3-1-8(2-4-9)13(18)16-12-7-10(17(19)20)5-6-11(12)15/h1-7H,15H2,(H,16,18). The first kappa shape index (κ1) is 14.0. The van der Waals surface area contributed by atoms with Crippen LogP contribution in [0.5, 0.6) is 0 Å². The van der Waals surface area contributed by atoms with Gasteiger partial charge >= 0.3 is 0 Å². The Morgan fingerprint density at radius 2 is 1.85 bits per heavy atom. The lowest BCUT2D eigenvalue weighted by molar-refractivity contribution is -0.384. The number of hydrogen-bond acceptors (Lipinski definition) is 4. The first-order valence-electron chi connectivity index (χ1n) is 5.58. The third-order valence-electron chi connectivity index (χ3n) is 2.60. The summed E-state index contributed by atoms with van der Waals surface area (Å²) in [6.45, 7) is 0. The van der Waals surface area contributed by atoms with E-state index in [9.17, 15) is 14.9 Å². The summed E-state index contributed by atoms with van der Waals surface area (Å²) in [7, 11) is 0. The van der Waals surface area contributed by atoms with Crippen molar-refractivity contribution in [2.24, 2.45) is 0 Å². The van der Waals surface area contributed by atoms with Crippen LogP contribution in [0.4, 0.5) is 17.1 Å². The fourth-order valence-corrected chi connectivity index (χ4v) is 1.83. The smallest absolute Gasteiger partial charge is 0.271 e. The van der Waals surface area contributed by atoms with E-state index in [4.69, 9.17) is 5.73 Å². The number of nitro groups is 1. The molecule has 3 N–H and O–H groups in total. The molecule has 0 unspecified atom stereocenters. The van der Waals surface area contributed by atoms with E-state index < -0.39 is 4.92 Å². The number of amides is 1. The van der Waals surface area contributed by atoms with Crippen molar-refractivity contribution < 1.29 is 9.72 Å². The summed E-state index contributed by atoms with van der Waals surface area (Å²) < 4.78 is 0.851. The van der Waals surface area contributed by atoms with E-state index in [1.165, 1.54) is 18.2 Å². The molecule has 1 amide bonds. The molecular formula is C13H10BrN3O3. The van der Waals surface area contributed by atoms with Gasteiger partial charge in [0.2, 0.25) is 0 Å². The number of nitrogens with zero attached hydrogens (tertiary/aromatic N) is 1. The molecule has 0 atom stereocenters. The van der Waals surface area contributed by atoms with Crippen molar-refractivity contribution in [2.45, 2.75) is 0 Å². The Morgan fingerprint density at radius 1 is 1.20 bits per heavy atom. The number of non-ortho nitro benzene ring substituents is 1. The summed E-state index contributed by atoms with van der Waals surface area (Å²) in [5.41, 5.74) is 6.47. The van der Waals surface area contributed by atoms with Crippen molar-refractivity contribution in [3.63, 3.8) is 0 Å². The third kappa shape index (κ3) is 3.12. The molecule has 7 heteroatoms. The second-order valence-corrected chi connectivity index (χ2v) is 4.91. The Morgan fingerprint density at radius 3 is 2.45 bits per heavy atom. The quantitative estimate of drug-likeness (QED) is 0.511. The number of nitrogen functional groups attached to an aromatic ring is 1. The molecule has 0 spiro atoms. The van der Waals surface area contributed by atoms with Crippen molar-refractivity contribution in [3.8, 4) is 0 Å². The first-order chi connectivity index (χ1) is 9.47. The number of rotatable bonds is 3. The largest absolute Gasteiger partial charge is 0.397 e. The predicted octanol–water partition coefficient (Wildman–Crippen LogP) is 3.19. The van der Waals surface area contributed by atoms with E-state index in [1.807, 2.05) is 0 Å². The van der Waals surface area contributed by atoms with Crippen LogP contribution in [0.1, 0.15) is 10.4 Å². The lowest BCUT2D eigenvalue weighted by atomic mass is 10.2. The van der Waals surface area contributed by atoms with Crippen molar-refractivity contribution in [3.05, 3.63) is 62.6 Å². The van der Waals surface area contributed by atoms with Gasteiger partial charge in [0.25, 0.3) is 11.6 Å². The molecule has 0 aliphatic carbocycles. The molecule has 0 radical (unpaired) electrons. The van der Waals surface area contributed by atoms with Crippen LogP contribution < -0.4 is 11.1 Å². The van der Waals surface area contributed by atoms with Gasteiger partial charge in [-0.05, 0) is 30.3 Å². The molecule has 102 valence electrons. The van der Waals surface area contributed by atoms with Crippen LogP contribution in [-0.2, 0) is 0 Å². The summed E-state index contributed by atoms with van der Waals surface area (Å²) in [5.74, 6) is -0.385. The van der Waals surface area contributed by atoms with Crippen molar-refractivity contribution in [2.75, 3.05) is 11.1 Å². The molecule has 20 heavy (non-hydrogen) atoms. The topological polar surface area (TPSA) is 98.3 Å². The van der Waals surface area contributed by atoms with E-state index in [2.05, 4.69) is 21.2 Å². The average Bonchev–Trinajstić information content (AvgIpc) is 2.41. The highest BCUT2D eigenvalue weighted by atomic mass is 79.9. The van der Waals surface area contributed by atoms with Gasteiger partial charge in [0.05, 0.1) is 16.3 Å². The molecule has 0 fully saturated rings. The van der Waals surface area contributed by atoms with E-state index in [-0.39, 0.29) is 23.0 Å². The number of nitrogens with two attached hydrogens (primary N) is 1. The molecule has 2 aromatic carbocycles. The molecule has 0 bridgehead atoms. The van der Waals surface area contributed by atoms with Crippen LogP contribution >= 0.6 is 15.9 Å². The second kappa shape index (κ2) is 5.70. The number of nitro benzene ring substituents is 1. The number of nitrogens with one attached hydrogen (secondary N) is 1. The summed E-state index contributed by atoms with van der Waals surface area (Å²) >= 11 is 3.27. The zero-order chi connectivity index (χ0) is 14.7. The molecule has 2 rings (SSSR count). The highest BCUT2D eigenvalue weighted by Gasteiger charge is 2.12. The van der Waals surface area contributed by atoms with Gasteiger partial charge in [-0.3, -0.25) is 14.9 Å². The lowest BCUT2D eigenvalue weighted by Crippen LogP contribution is -2.13. The minimum absolute atomic E-state index is 0.134. The van der Waals surface area contributed by atoms with Gasteiger partial charge in [0.1, 0.15) is 0 Å². The van der Waals surface area contributed by atoms with E-state index in [1.54, 1.807) is 24.3 Å². The van der Waals surface area contributed by atoms with E-state index >= 15 is 0 Å². The fraction of sp³-hybridized carbons (Fsp3) is 0. The molecule has 0 aliphatic rings. The Balaban J connectivity index is 2.25. The number of carbonyl (C=O) groups is 1. The maximum absolute atomic E-state index is 12.0. The Hall–Kier alpha value is -2.41. The van der Waals surface area contributed by atoms with Crippen LogP contribution in [-0.4, -0.2) is 10.8 Å². The van der Waals surface area contributed by atoms with Crippen LogP contribution in [0.2, 0.25) is 0 Å². The monoisotopic (exact) mass is 335 g/mol. The normalized spacial score (nSPS) is 10.1. The van der Waals surface area contributed by atoms with Gasteiger partial charge in [-0.15, -0.1) is 0 Å². The zero-order valence-corrected chi connectivity index (χ0v) is 11.8. The van der Waals surface area contributed by atoms with Gasteiger partial charge in [0.15, 0.2) is 0 Å². The van der Waals surface area contributed by atoms with E-state index in [0.717, 1.165) is 4.47 Å². The van der Waals surface area contributed by atoms with Gasteiger partial charge < -0.3 is 11.1 Å². The molecule has 2 aromatic rings. The Kier molecular flexibility index (Phi) is 3.99. The Labute approximate surface area is 122 Å². The average molecular weight is 336 g/mol. The summed E-state index contributed by atoms with van der Waals surface area (Å²) in [6, 6.07) is 10.6. The summed E-state index contributed by atoms with van der Waals surface area (Å²) in [5, 5.41) is 13.3. The van der Waals surface area contributed by atoms with Crippen molar-refractivity contribution >= 4 is 38.9 Å². The summed E-state index contributed by atoms with van der Waals surface area (Å²) in [6.07, 6.45) is 0. The molecule has 6 nitrogen and oxygen atoms in total. The lowest BCUT2D eigenvalue weighted by Gasteiger charge is -2.08. The zero-order valence-electron chi connectivity index (χ0n) is 10.2. The number of halogens is 1. The molecule has 0 aliphatic heterocycles. The minimum Gasteiger partial charge on any atom is -0.397 e. The maximum Gasteiger partial charge on any atom is 0.271 e. The fourth-order valence-electron chi connectivity index (χ4n) is 1.56. The number of hydrogen-bond donors (Lipinski definition) is 2. The van der Waals surface area contributed by atoms with Gasteiger partial charge in [-0.1, -0.05) is 15.9 Å². The van der Waals surface area contributed by atoms with Crippen molar-refractivity contribution in [1.82, 2.24) is 0 Å². The Bertz CT molecular complexity index is 671. The molecule has 0 heterocycles. The highest BCUT2D eigenvalue weighted by Crippen LogP contribution is 2.25. The summed E-state index contributed by atoms with van der Waals surface area (Å²) in [4.78, 5) is 22.2. The number of carbonyl (C=O) groups excluding carboxylic acids is 1. The third-order valence-corrected chi connectivity index (χ3v) is 3.13. The SMILES string of the molecule is Nc1ccc([N+](=O)[O-])cc1NC(=O)c1ccc(Br)cc1. The van der Waals surface area contributed by atoms with Crippen LogP contribution in [0.3, 0.4) is 0 Å². The predicted molar refractivity (Wildman–Crippen MR) is 79.6 cm³/mol. The van der Waals surface area contributed by atoms with Gasteiger partial charge in [0, 0.05) is 22.2 Å². The first-order valence-corrected chi connectivity index (χ1v) is 6.37. The minimum atomic E-state index is -0.547. The van der Waals surface area contributed by atoms with Crippen LogP contribution in [0, 0.1) is 10.1 Å². The second-order valence-electron chi connectivity index (χ2n) is 3.99. The van der Waals surface area contributed by atoms with Gasteiger partial charge in [-0.25, -0.2) is 0 Å². The molecule has 0 aromatic heterocycles. The van der Waals surface area contributed by atoms with Crippen molar-refractivity contribution in [1.29, 1.82) is 0 Å². The highest BCUT2D eigenvalue weighted by molar-refractivity contribution is 9.10. The molecule has 0 saturated heterocycles. The van der Waals surface area contributed by atoms with Crippen LogP contribution in [0.15, 0.2) is 46.9 Å².